The molecule has 2 N–H and O–H groups in total. The Hall–Kier alpha value is -3.72. The number of nitrogens with zero attached hydrogens (tertiary/aromatic N) is 3. The number of carbonyl (C=O) groups excluding carboxylic acids is 2. The molecule has 0 saturated carbocycles. The molecule has 0 bridgehead atoms. The molecule has 9 heteroatoms. The molecule has 0 aliphatic heterocycles. The summed E-state index contributed by atoms with van der Waals surface area (Å²) >= 11 is 1.36. The van der Waals surface area contributed by atoms with Crippen LogP contribution in [0.25, 0.3) is 11.0 Å². The van der Waals surface area contributed by atoms with Crippen LogP contribution in [-0.4, -0.2) is 33.2 Å². The van der Waals surface area contributed by atoms with Gasteiger partial charge in [0.25, 0.3) is 11.8 Å². The minimum Gasteiger partial charge on any atom is -0.466 e. The Morgan fingerprint density at radius 2 is 1.87 bits per heavy atom. The minimum absolute atomic E-state index is 0.192. The molecule has 0 radical (unpaired) electrons. The van der Waals surface area contributed by atoms with Crippen molar-refractivity contribution >= 4 is 45.6 Å². The first-order chi connectivity index (χ1) is 14.9. The van der Waals surface area contributed by atoms with E-state index in [-0.39, 0.29) is 18.4 Å². The first-order valence-corrected chi connectivity index (χ1v) is 10.5. The van der Waals surface area contributed by atoms with Crippen LogP contribution in [0.15, 0.2) is 47.8 Å². The highest BCUT2D eigenvalue weighted by Crippen LogP contribution is 2.27. The molecular formula is C22H21N5O3S. The number of hydrogen-bond donors (Lipinski definition) is 2. The summed E-state index contributed by atoms with van der Waals surface area (Å²) in [5.74, 6) is -0.157. The maximum atomic E-state index is 12.4. The third-order valence-corrected chi connectivity index (χ3v) is 5.44. The smallest absolute Gasteiger partial charge is 0.265 e. The fraction of sp³-hybridized carbons (Fsp3) is 0.182. The van der Waals surface area contributed by atoms with Crippen molar-refractivity contribution in [2.45, 2.75) is 13.8 Å². The summed E-state index contributed by atoms with van der Waals surface area (Å²) in [7, 11) is 1.79. The number of amides is 2. The maximum Gasteiger partial charge on any atom is 0.265 e. The van der Waals surface area contributed by atoms with Gasteiger partial charge in [0.1, 0.15) is 0 Å². The second kappa shape index (κ2) is 8.57. The van der Waals surface area contributed by atoms with Crippen molar-refractivity contribution in [3.8, 4) is 5.88 Å². The van der Waals surface area contributed by atoms with E-state index in [4.69, 9.17) is 4.74 Å². The highest BCUT2D eigenvalue weighted by molar-refractivity contribution is 7.12. The molecule has 4 rings (SSSR count). The van der Waals surface area contributed by atoms with E-state index in [1.165, 1.54) is 11.3 Å². The second-order valence-corrected chi connectivity index (χ2v) is 8.00. The van der Waals surface area contributed by atoms with Crippen LogP contribution in [0.5, 0.6) is 5.88 Å². The molecule has 0 saturated heterocycles. The molecule has 3 aromatic heterocycles. The van der Waals surface area contributed by atoms with Gasteiger partial charge < -0.3 is 15.4 Å². The molecule has 0 spiro atoms. The maximum absolute atomic E-state index is 12.4. The number of nitrogens with one attached hydrogen (secondary N) is 2. The molecule has 31 heavy (non-hydrogen) atoms. The lowest BCUT2D eigenvalue weighted by Crippen LogP contribution is -2.20. The Morgan fingerprint density at radius 3 is 2.61 bits per heavy atom. The molecule has 0 unspecified atom stereocenters. The van der Waals surface area contributed by atoms with Gasteiger partial charge in [-0.05, 0) is 55.1 Å². The number of anilines is 2. The SMILES string of the molecule is Cc1cc(C)c2c(OCC(=O)Nc3cccc(NC(=O)c4cccs4)c3)nn(C)c2n1. The Labute approximate surface area is 182 Å². The van der Waals surface area contributed by atoms with Crippen molar-refractivity contribution in [1.29, 1.82) is 0 Å². The second-order valence-electron chi connectivity index (χ2n) is 7.06. The highest BCUT2D eigenvalue weighted by Gasteiger charge is 2.16. The quantitative estimate of drug-likeness (QED) is 0.478. The van der Waals surface area contributed by atoms with Crippen LogP contribution in [0.4, 0.5) is 11.4 Å². The summed E-state index contributed by atoms with van der Waals surface area (Å²) < 4.78 is 7.33. The van der Waals surface area contributed by atoms with Gasteiger partial charge in [0.05, 0.1) is 10.3 Å². The molecule has 0 atom stereocenters. The summed E-state index contributed by atoms with van der Waals surface area (Å²) in [6.45, 7) is 3.68. The third kappa shape index (κ3) is 4.56. The van der Waals surface area contributed by atoms with E-state index >= 15 is 0 Å². The summed E-state index contributed by atoms with van der Waals surface area (Å²) in [6.07, 6.45) is 0. The van der Waals surface area contributed by atoms with E-state index < -0.39 is 0 Å². The molecule has 1 aromatic carbocycles. The average Bonchev–Trinajstić information content (AvgIpc) is 3.36. The zero-order valence-electron chi connectivity index (χ0n) is 17.3. The van der Waals surface area contributed by atoms with Crippen molar-refractivity contribution < 1.29 is 14.3 Å². The number of aryl methyl sites for hydroxylation is 3. The largest absolute Gasteiger partial charge is 0.466 e. The number of benzene rings is 1. The first kappa shape index (κ1) is 20.5. The van der Waals surface area contributed by atoms with Gasteiger partial charge in [-0.1, -0.05) is 12.1 Å². The number of pyridine rings is 1. The summed E-state index contributed by atoms with van der Waals surface area (Å²) in [5.41, 5.74) is 3.73. The van der Waals surface area contributed by atoms with Crippen LogP contribution < -0.4 is 15.4 Å². The van der Waals surface area contributed by atoms with Gasteiger partial charge in [0.2, 0.25) is 5.88 Å². The van der Waals surface area contributed by atoms with Crippen molar-refractivity contribution in [1.82, 2.24) is 14.8 Å². The summed E-state index contributed by atoms with van der Waals surface area (Å²) in [5, 5.41) is 12.6. The van der Waals surface area contributed by atoms with Gasteiger partial charge in [-0.25, -0.2) is 9.67 Å². The number of ether oxygens (including phenoxy) is 1. The zero-order chi connectivity index (χ0) is 22.0. The van der Waals surface area contributed by atoms with Gasteiger partial charge in [-0.3, -0.25) is 9.59 Å². The lowest BCUT2D eigenvalue weighted by atomic mass is 10.2. The van der Waals surface area contributed by atoms with Crippen LogP contribution in [0.2, 0.25) is 0 Å². The van der Waals surface area contributed by atoms with Gasteiger partial charge in [0, 0.05) is 24.1 Å². The monoisotopic (exact) mass is 435 g/mol. The molecule has 0 aliphatic carbocycles. The number of thiophene rings is 1. The molecule has 0 aliphatic rings. The molecule has 4 aromatic rings. The first-order valence-electron chi connectivity index (χ1n) is 9.59. The van der Waals surface area contributed by atoms with E-state index in [0.717, 1.165) is 16.6 Å². The van der Waals surface area contributed by atoms with Crippen LogP contribution in [0.3, 0.4) is 0 Å². The number of hydrogen-bond acceptors (Lipinski definition) is 6. The van der Waals surface area contributed by atoms with Crippen molar-refractivity contribution in [2.24, 2.45) is 7.05 Å². The van der Waals surface area contributed by atoms with Gasteiger partial charge in [-0.15, -0.1) is 16.4 Å². The van der Waals surface area contributed by atoms with E-state index in [1.54, 1.807) is 42.1 Å². The minimum atomic E-state index is -0.335. The predicted molar refractivity (Wildman–Crippen MR) is 121 cm³/mol. The zero-order valence-corrected chi connectivity index (χ0v) is 18.1. The van der Waals surface area contributed by atoms with Gasteiger partial charge in [0.15, 0.2) is 12.3 Å². The van der Waals surface area contributed by atoms with Crippen molar-refractivity contribution in [2.75, 3.05) is 17.2 Å². The molecule has 158 valence electrons. The number of rotatable bonds is 6. The Kier molecular flexibility index (Phi) is 5.68. The number of fused-ring (bicyclic) bond motifs is 1. The molecule has 3 heterocycles. The fourth-order valence-electron chi connectivity index (χ4n) is 3.26. The highest BCUT2D eigenvalue weighted by atomic mass is 32.1. The summed E-state index contributed by atoms with van der Waals surface area (Å²) in [4.78, 5) is 29.7. The molecular weight excluding hydrogens is 414 g/mol. The fourth-order valence-corrected chi connectivity index (χ4v) is 3.88. The van der Waals surface area contributed by atoms with Crippen LogP contribution in [-0.2, 0) is 11.8 Å². The Balaban J connectivity index is 1.41. The predicted octanol–water partition coefficient (Wildman–Crippen LogP) is 3.92. The topological polar surface area (TPSA) is 98.1 Å². The van der Waals surface area contributed by atoms with E-state index in [9.17, 15) is 9.59 Å². The number of carbonyl (C=O) groups is 2. The third-order valence-electron chi connectivity index (χ3n) is 4.58. The van der Waals surface area contributed by atoms with E-state index in [2.05, 4.69) is 20.7 Å². The van der Waals surface area contributed by atoms with E-state index in [1.807, 2.05) is 31.4 Å². The van der Waals surface area contributed by atoms with Crippen LogP contribution in [0.1, 0.15) is 20.9 Å². The lowest BCUT2D eigenvalue weighted by Gasteiger charge is -2.09. The van der Waals surface area contributed by atoms with Gasteiger partial charge >= 0.3 is 0 Å². The Bertz CT molecular complexity index is 1260. The number of aromatic nitrogens is 3. The summed E-state index contributed by atoms with van der Waals surface area (Å²) in [6, 6.07) is 12.5. The lowest BCUT2D eigenvalue weighted by molar-refractivity contribution is -0.118. The standard InChI is InChI=1S/C22H21N5O3S/c1-13-10-14(2)23-20-19(13)22(26-27(20)3)30-12-18(28)24-15-6-4-7-16(11-15)25-21(29)17-8-5-9-31-17/h4-11H,12H2,1-3H3,(H,24,28)(H,25,29). The van der Waals surface area contributed by atoms with Crippen molar-refractivity contribution in [3.63, 3.8) is 0 Å². The Morgan fingerprint density at radius 1 is 1.10 bits per heavy atom. The van der Waals surface area contributed by atoms with Crippen molar-refractivity contribution in [3.05, 3.63) is 64.0 Å². The van der Waals surface area contributed by atoms with Crippen LogP contribution in [0, 0.1) is 13.8 Å². The van der Waals surface area contributed by atoms with Gasteiger partial charge in [-0.2, -0.15) is 0 Å². The van der Waals surface area contributed by atoms with E-state index in [0.29, 0.717) is 27.8 Å². The average molecular weight is 436 g/mol. The molecule has 0 fully saturated rings. The normalized spacial score (nSPS) is 10.8. The molecule has 2 amide bonds. The molecule has 8 nitrogen and oxygen atoms in total. The van der Waals surface area contributed by atoms with Crippen LogP contribution >= 0.6 is 11.3 Å².